The molecule has 4 heteroatoms. The van der Waals surface area contributed by atoms with Crippen molar-refractivity contribution in [2.45, 2.75) is 13.3 Å². The summed E-state index contributed by atoms with van der Waals surface area (Å²) < 4.78 is 4.61. The Bertz CT molecular complexity index is 553. The van der Waals surface area contributed by atoms with E-state index in [1.807, 2.05) is 37.3 Å². The molecule has 18 heavy (non-hydrogen) atoms. The second-order valence-electron chi connectivity index (χ2n) is 3.94. The van der Waals surface area contributed by atoms with Gasteiger partial charge in [-0.05, 0) is 12.5 Å². The maximum absolute atomic E-state index is 11.2. The van der Waals surface area contributed by atoms with Crippen LogP contribution in [0.1, 0.15) is 11.4 Å². The summed E-state index contributed by atoms with van der Waals surface area (Å²) in [6.07, 6.45) is 1.82. The number of hydrogen-bond donors (Lipinski definition) is 0. The van der Waals surface area contributed by atoms with Crippen LogP contribution in [0.2, 0.25) is 0 Å². The van der Waals surface area contributed by atoms with E-state index in [4.69, 9.17) is 0 Å². The molecule has 0 atom stereocenters. The van der Waals surface area contributed by atoms with Crippen LogP contribution in [-0.2, 0) is 16.0 Å². The lowest BCUT2D eigenvalue weighted by Gasteiger charge is -2.06. The first-order valence-electron chi connectivity index (χ1n) is 5.65. The van der Waals surface area contributed by atoms with Gasteiger partial charge in [0.2, 0.25) is 0 Å². The van der Waals surface area contributed by atoms with Crippen molar-refractivity contribution in [3.05, 3.63) is 47.9 Å². The van der Waals surface area contributed by atoms with Crippen LogP contribution in [0.3, 0.4) is 0 Å². The third-order valence-electron chi connectivity index (χ3n) is 2.60. The zero-order valence-corrected chi connectivity index (χ0v) is 10.4. The zero-order chi connectivity index (χ0) is 13.0. The van der Waals surface area contributed by atoms with Crippen molar-refractivity contribution in [1.29, 1.82) is 0 Å². The molecule has 0 aliphatic heterocycles. The fourth-order valence-corrected chi connectivity index (χ4v) is 1.65. The van der Waals surface area contributed by atoms with Crippen LogP contribution in [-0.4, -0.2) is 23.0 Å². The Morgan fingerprint density at radius 3 is 2.67 bits per heavy atom. The number of ether oxygens (including phenoxy) is 1. The Morgan fingerprint density at radius 2 is 2.00 bits per heavy atom. The lowest BCUT2D eigenvalue weighted by Crippen LogP contribution is -2.09. The van der Waals surface area contributed by atoms with E-state index >= 15 is 0 Å². The number of nitrogens with zero attached hydrogens (tertiary/aromatic N) is 2. The number of carbonyl (C=O) groups is 1. The molecule has 0 fully saturated rings. The standard InChI is InChI=1S/C14H14N2O2/c1-10-9-15-12(8-13(17)18-2)16-14(10)11-6-4-3-5-7-11/h3-7,9H,8H2,1-2H3. The lowest BCUT2D eigenvalue weighted by atomic mass is 10.1. The van der Waals surface area contributed by atoms with Crippen molar-refractivity contribution in [2.75, 3.05) is 7.11 Å². The van der Waals surface area contributed by atoms with Gasteiger partial charge in [-0.15, -0.1) is 0 Å². The Morgan fingerprint density at radius 1 is 1.28 bits per heavy atom. The fourth-order valence-electron chi connectivity index (χ4n) is 1.65. The van der Waals surface area contributed by atoms with E-state index in [2.05, 4.69) is 14.7 Å². The molecule has 92 valence electrons. The predicted octanol–water partition coefficient (Wildman–Crippen LogP) is 2.17. The molecule has 0 unspecified atom stereocenters. The van der Waals surface area contributed by atoms with Crippen LogP contribution in [0.5, 0.6) is 0 Å². The third-order valence-corrected chi connectivity index (χ3v) is 2.60. The zero-order valence-electron chi connectivity index (χ0n) is 10.4. The molecule has 0 aliphatic rings. The third kappa shape index (κ3) is 2.71. The average Bonchev–Trinajstić information content (AvgIpc) is 2.42. The highest BCUT2D eigenvalue weighted by Crippen LogP contribution is 2.20. The molecule has 2 rings (SSSR count). The Kier molecular flexibility index (Phi) is 3.67. The SMILES string of the molecule is COC(=O)Cc1ncc(C)c(-c2ccccc2)n1. The molecule has 1 aromatic heterocycles. The minimum absolute atomic E-state index is 0.0939. The lowest BCUT2D eigenvalue weighted by molar-refractivity contribution is -0.139. The number of rotatable bonds is 3. The van der Waals surface area contributed by atoms with Gasteiger partial charge in [-0.2, -0.15) is 0 Å². The maximum Gasteiger partial charge on any atom is 0.313 e. The molecule has 0 saturated carbocycles. The molecule has 0 N–H and O–H groups in total. The molecule has 4 nitrogen and oxygen atoms in total. The molecule has 1 aromatic carbocycles. The molecule has 0 bridgehead atoms. The largest absolute Gasteiger partial charge is 0.469 e. The summed E-state index contributed by atoms with van der Waals surface area (Å²) in [4.78, 5) is 19.8. The van der Waals surface area contributed by atoms with Gasteiger partial charge in [-0.3, -0.25) is 4.79 Å². The normalized spacial score (nSPS) is 10.1. The highest BCUT2D eigenvalue weighted by molar-refractivity contribution is 5.71. The van der Waals surface area contributed by atoms with Crippen LogP contribution in [0.15, 0.2) is 36.5 Å². The maximum atomic E-state index is 11.2. The number of aryl methyl sites for hydroxylation is 1. The number of methoxy groups -OCH3 is 1. The van der Waals surface area contributed by atoms with Gasteiger partial charge in [0.25, 0.3) is 0 Å². The van der Waals surface area contributed by atoms with Crippen LogP contribution in [0.25, 0.3) is 11.3 Å². The predicted molar refractivity (Wildman–Crippen MR) is 67.9 cm³/mol. The topological polar surface area (TPSA) is 52.1 Å². The van der Waals surface area contributed by atoms with Crippen LogP contribution < -0.4 is 0 Å². The van der Waals surface area contributed by atoms with E-state index in [-0.39, 0.29) is 12.4 Å². The summed E-state index contributed by atoms with van der Waals surface area (Å²) in [7, 11) is 1.36. The van der Waals surface area contributed by atoms with Gasteiger partial charge >= 0.3 is 5.97 Å². The van der Waals surface area contributed by atoms with Crippen molar-refractivity contribution in [1.82, 2.24) is 9.97 Å². The van der Waals surface area contributed by atoms with Gasteiger partial charge in [0.1, 0.15) is 12.2 Å². The quantitative estimate of drug-likeness (QED) is 0.774. The van der Waals surface area contributed by atoms with Gasteiger partial charge in [-0.1, -0.05) is 30.3 Å². The first-order valence-corrected chi connectivity index (χ1v) is 5.65. The summed E-state index contributed by atoms with van der Waals surface area (Å²) in [5.74, 6) is 0.143. The number of aromatic nitrogens is 2. The summed E-state index contributed by atoms with van der Waals surface area (Å²) in [5, 5.41) is 0. The molecular formula is C14H14N2O2. The highest BCUT2D eigenvalue weighted by Gasteiger charge is 2.09. The van der Waals surface area contributed by atoms with Crippen molar-refractivity contribution in [3.63, 3.8) is 0 Å². The minimum atomic E-state index is -0.335. The summed E-state index contributed by atoms with van der Waals surface area (Å²) >= 11 is 0. The molecule has 0 amide bonds. The van der Waals surface area contributed by atoms with E-state index in [1.165, 1.54) is 7.11 Å². The van der Waals surface area contributed by atoms with E-state index in [0.717, 1.165) is 16.8 Å². The van der Waals surface area contributed by atoms with E-state index in [1.54, 1.807) is 6.20 Å². The smallest absolute Gasteiger partial charge is 0.313 e. The van der Waals surface area contributed by atoms with Gasteiger partial charge in [-0.25, -0.2) is 9.97 Å². The van der Waals surface area contributed by atoms with E-state index in [0.29, 0.717) is 5.82 Å². The Balaban J connectivity index is 2.36. The van der Waals surface area contributed by atoms with Gasteiger partial charge in [0, 0.05) is 11.8 Å². The van der Waals surface area contributed by atoms with Crippen LogP contribution in [0, 0.1) is 6.92 Å². The van der Waals surface area contributed by atoms with E-state index in [9.17, 15) is 4.79 Å². The first kappa shape index (κ1) is 12.2. The molecule has 0 spiro atoms. The van der Waals surface area contributed by atoms with E-state index < -0.39 is 0 Å². The average molecular weight is 242 g/mol. The molecule has 2 aromatic rings. The van der Waals surface area contributed by atoms with Crippen molar-refractivity contribution >= 4 is 5.97 Å². The molecule has 0 radical (unpaired) electrons. The van der Waals surface area contributed by atoms with Gasteiger partial charge in [0.15, 0.2) is 0 Å². The van der Waals surface area contributed by atoms with Crippen LogP contribution >= 0.6 is 0 Å². The second-order valence-corrected chi connectivity index (χ2v) is 3.94. The molecule has 0 saturated heterocycles. The van der Waals surface area contributed by atoms with Crippen molar-refractivity contribution < 1.29 is 9.53 Å². The number of hydrogen-bond acceptors (Lipinski definition) is 4. The van der Waals surface area contributed by atoms with Crippen molar-refractivity contribution in [3.8, 4) is 11.3 Å². The number of esters is 1. The second kappa shape index (κ2) is 5.40. The highest BCUT2D eigenvalue weighted by atomic mass is 16.5. The monoisotopic (exact) mass is 242 g/mol. The van der Waals surface area contributed by atoms with Crippen molar-refractivity contribution in [2.24, 2.45) is 0 Å². The minimum Gasteiger partial charge on any atom is -0.469 e. The number of carbonyl (C=O) groups excluding carboxylic acids is 1. The first-order chi connectivity index (χ1) is 8.70. The molecule has 1 heterocycles. The summed E-state index contributed by atoms with van der Waals surface area (Å²) in [6.45, 7) is 1.95. The molecule has 0 aliphatic carbocycles. The van der Waals surface area contributed by atoms with Gasteiger partial charge < -0.3 is 4.74 Å². The fraction of sp³-hybridized carbons (Fsp3) is 0.214. The van der Waals surface area contributed by atoms with Crippen LogP contribution in [0.4, 0.5) is 0 Å². The van der Waals surface area contributed by atoms with Gasteiger partial charge in [0.05, 0.1) is 12.8 Å². The number of benzene rings is 1. The molecular weight excluding hydrogens is 228 g/mol. The summed E-state index contributed by atoms with van der Waals surface area (Å²) in [6, 6.07) is 9.83. The Labute approximate surface area is 106 Å². The summed E-state index contributed by atoms with van der Waals surface area (Å²) in [5.41, 5.74) is 2.85. The Hall–Kier alpha value is -2.23.